The van der Waals surface area contributed by atoms with E-state index in [1.54, 1.807) is 12.3 Å². The molecule has 2 rings (SSSR count). The minimum atomic E-state index is 0.0980. The van der Waals surface area contributed by atoms with Gasteiger partial charge in [0.1, 0.15) is 5.76 Å². The Labute approximate surface area is 95.6 Å². The summed E-state index contributed by atoms with van der Waals surface area (Å²) in [6, 6.07) is 2.30. The number of nitrogens with one attached hydrogen (secondary N) is 1. The summed E-state index contributed by atoms with van der Waals surface area (Å²) in [6.45, 7) is 3.48. The molecular formula is C12H18N2O2. The van der Waals surface area contributed by atoms with Crippen LogP contribution in [0.1, 0.15) is 29.0 Å². The first-order valence-electron chi connectivity index (χ1n) is 5.73. The summed E-state index contributed by atoms with van der Waals surface area (Å²) < 4.78 is 5.16. The van der Waals surface area contributed by atoms with E-state index >= 15 is 0 Å². The molecule has 0 bridgehead atoms. The number of carbonyl (C=O) groups is 1. The summed E-state index contributed by atoms with van der Waals surface area (Å²) in [7, 11) is 1.97. The molecule has 1 amide bonds. The monoisotopic (exact) mass is 222 g/mol. The normalized spacial score (nSPS) is 17.8. The molecule has 1 saturated heterocycles. The summed E-state index contributed by atoms with van der Waals surface area (Å²) in [4.78, 5) is 14.0. The SMILES string of the molecule is CNC1CCN(C(=O)c2ccoc2C)CC1. The molecule has 0 radical (unpaired) electrons. The fourth-order valence-electron chi connectivity index (χ4n) is 2.15. The van der Waals surface area contributed by atoms with E-state index in [0.717, 1.165) is 25.9 Å². The highest BCUT2D eigenvalue weighted by atomic mass is 16.3. The second-order valence-corrected chi connectivity index (χ2v) is 4.25. The molecule has 1 aliphatic heterocycles. The third kappa shape index (κ3) is 2.11. The second-order valence-electron chi connectivity index (χ2n) is 4.25. The average Bonchev–Trinajstić information content (AvgIpc) is 2.75. The molecule has 0 aromatic carbocycles. The lowest BCUT2D eigenvalue weighted by atomic mass is 10.0. The van der Waals surface area contributed by atoms with E-state index < -0.39 is 0 Å². The van der Waals surface area contributed by atoms with Crippen molar-refractivity contribution in [2.45, 2.75) is 25.8 Å². The second kappa shape index (κ2) is 4.70. The Morgan fingerprint density at radius 3 is 2.69 bits per heavy atom. The first-order chi connectivity index (χ1) is 7.72. The smallest absolute Gasteiger partial charge is 0.257 e. The van der Waals surface area contributed by atoms with Crippen molar-refractivity contribution in [3.8, 4) is 0 Å². The predicted molar refractivity (Wildman–Crippen MR) is 61.4 cm³/mol. The van der Waals surface area contributed by atoms with Crippen molar-refractivity contribution in [1.82, 2.24) is 10.2 Å². The molecule has 2 heterocycles. The number of nitrogens with zero attached hydrogens (tertiary/aromatic N) is 1. The maximum absolute atomic E-state index is 12.1. The Balaban J connectivity index is 2.00. The highest BCUT2D eigenvalue weighted by Gasteiger charge is 2.24. The average molecular weight is 222 g/mol. The zero-order valence-corrected chi connectivity index (χ0v) is 9.82. The number of carbonyl (C=O) groups excluding carboxylic acids is 1. The summed E-state index contributed by atoms with van der Waals surface area (Å²) in [5.74, 6) is 0.807. The van der Waals surface area contributed by atoms with Crippen LogP contribution in [0, 0.1) is 6.92 Å². The Hall–Kier alpha value is -1.29. The molecule has 88 valence electrons. The molecular weight excluding hydrogens is 204 g/mol. The van der Waals surface area contributed by atoms with Crippen LogP contribution in [-0.4, -0.2) is 37.0 Å². The summed E-state index contributed by atoms with van der Waals surface area (Å²) in [6.07, 6.45) is 3.63. The van der Waals surface area contributed by atoms with Crippen molar-refractivity contribution in [1.29, 1.82) is 0 Å². The summed E-state index contributed by atoms with van der Waals surface area (Å²) in [5, 5.41) is 3.25. The lowest BCUT2D eigenvalue weighted by Gasteiger charge is -2.31. The van der Waals surface area contributed by atoms with E-state index in [-0.39, 0.29) is 5.91 Å². The van der Waals surface area contributed by atoms with Crippen LogP contribution in [0.25, 0.3) is 0 Å². The van der Waals surface area contributed by atoms with Crippen LogP contribution in [0.5, 0.6) is 0 Å². The van der Waals surface area contributed by atoms with Gasteiger partial charge in [-0.2, -0.15) is 0 Å². The zero-order chi connectivity index (χ0) is 11.5. The van der Waals surface area contributed by atoms with Gasteiger partial charge >= 0.3 is 0 Å². The highest BCUT2D eigenvalue weighted by molar-refractivity contribution is 5.95. The quantitative estimate of drug-likeness (QED) is 0.823. The van der Waals surface area contributed by atoms with Crippen LogP contribution in [0.15, 0.2) is 16.7 Å². The minimum absolute atomic E-state index is 0.0980. The number of hydrogen-bond acceptors (Lipinski definition) is 3. The summed E-state index contributed by atoms with van der Waals surface area (Å²) in [5.41, 5.74) is 0.697. The Kier molecular flexibility index (Phi) is 3.29. The maximum atomic E-state index is 12.1. The molecule has 1 aromatic rings. The number of hydrogen-bond donors (Lipinski definition) is 1. The lowest BCUT2D eigenvalue weighted by molar-refractivity contribution is 0.0705. The van der Waals surface area contributed by atoms with Crippen LogP contribution >= 0.6 is 0 Å². The van der Waals surface area contributed by atoms with E-state index in [9.17, 15) is 4.79 Å². The minimum Gasteiger partial charge on any atom is -0.469 e. The van der Waals surface area contributed by atoms with Gasteiger partial charge in [-0.1, -0.05) is 0 Å². The van der Waals surface area contributed by atoms with Crippen LogP contribution in [0.2, 0.25) is 0 Å². The van der Waals surface area contributed by atoms with Crippen LogP contribution in [-0.2, 0) is 0 Å². The lowest BCUT2D eigenvalue weighted by Crippen LogP contribution is -2.44. The first-order valence-corrected chi connectivity index (χ1v) is 5.73. The van der Waals surface area contributed by atoms with Gasteiger partial charge in [0.05, 0.1) is 11.8 Å². The van der Waals surface area contributed by atoms with Crippen molar-refractivity contribution >= 4 is 5.91 Å². The molecule has 4 heteroatoms. The van der Waals surface area contributed by atoms with Gasteiger partial charge in [0, 0.05) is 19.1 Å². The molecule has 0 unspecified atom stereocenters. The Morgan fingerprint density at radius 2 is 2.19 bits per heavy atom. The van der Waals surface area contributed by atoms with E-state index in [0.29, 0.717) is 17.4 Å². The highest BCUT2D eigenvalue weighted by Crippen LogP contribution is 2.16. The largest absolute Gasteiger partial charge is 0.469 e. The van der Waals surface area contributed by atoms with Gasteiger partial charge in [0.15, 0.2) is 0 Å². The van der Waals surface area contributed by atoms with E-state index in [1.807, 2.05) is 18.9 Å². The van der Waals surface area contributed by atoms with Gasteiger partial charge in [-0.05, 0) is 32.9 Å². The molecule has 0 spiro atoms. The third-order valence-corrected chi connectivity index (χ3v) is 3.28. The van der Waals surface area contributed by atoms with Gasteiger partial charge < -0.3 is 14.6 Å². The Morgan fingerprint density at radius 1 is 1.50 bits per heavy atom. The number of amides is 1. The fourth-order valence-corrected chi connectivity index (χ4v) is 2.15. The molecule has 0 saturated carbocycles. The molecule has 1 aromatic heterocycles. The predicted octanol–water partition coefficient (Wildman–Crippen LogP) is 1.41. The van der Waals surface area contributed by atoms with E-state index in [4.69, 9.17) is 4.42 Å². The molecule has 1 N–H and O–H groups in total. The van der Waals surface area contributed by atoms with E-state index in [1.165, 1.54) is 0 Å². The van der Waals surface area contributed by atoms with Crippen molar-refractivity contribution in [3.05, 3.63) is 23.7 Å². The topological polar surface area (TPSA) is 45.5 Å². The van der Waals surface area contributed by atoms with Crippen molar-refractivity contribution in [2.75, 3.05) is 20.1 Å². The van der Waals surface area contributed by atoms with Gasteiger partial charge in [-0.3, -0.25) is 4.79 Å². The zero-order valence-electron chi connectivity index (χ0n) is 9.82. The summed E-state index contributed by atoms with van der Waals surface area (Å²) >= 11 is 0. The standard InChI is InChI=1S/C12H18N2O2/c1-9-11(5-8-16-9)12(15)14-6-3-10(13-2)4-7-14/h5,8,10,13H,3-4,6-7H2,1-2H3. The molecule has 0 aliphatic carbocycles. The molecule has 1 fully saturated rings. The number of furan rings is 1. The number of likely N-dealkylation sites (tertiary alicyclic amines) is 1. The Bertz CT molecular complexity index is 365. The molecule has 1 aliphatic rings. The number of piperidine rings is 1. The van der Waals surface area contributed by atoms with Crippen molar-refractivity contribution < 1.29 is 9.21 Å². The van der Waals surface area contributed by atoms with Gasteiger partial charge in [-0.25, -0.2) is 0 Å². The fraction of sp³-hybridized carbons (Fsp3) is 0.583. The van der Waals surface area contributed by atoms with Crippen molar-refractivity contribution in [2.24, 2.45) is 0 Å². The van der Waals surface area contributed by atoms with E-state index in [2.05, 4.69) is 5.32 Å². The molecule has 4 nitrogen and oxygen atoms in total. The number of rotatable bonds is 2. The molecule has 0 atom stereocenters. The van der Waals surface area contributed by atoms with Crippen LogP contribution in [0.3, 0.4) is 0 Å². The third-order valence-electron chi connectivity index (χ3n) is 3.28. The molecule has 16 heavy (non-hydrogen) atoms. The van der Waals surface area contributed by atoms with Crippen LogP contribution in [0.4, 0.5) is 0 Å². The number of aryl methyl sites for hydroxylation is 1. The first kappa shape index (κ1) is 11.2. The van der Waals surface area contributed by atoms with Gasteiger partial charge in [0.2, 0.25) is 0 Å². The van der Waals surface area contributed by atoms with Gasteiger partial charge in [-0.15, -0.1) is 0 Å². The van der Waals surface area contributed by atoms with Crippen LogP contribution < -0.4 is 5.32 Å². The maximum Gasteiger partial charge on any atom is 0.257 e. The van der Waals surface area contributed by atoms with Crippen molar-refractivity contribution in [3.63, 3.8) is 0 Å². The van der Waals surface area contributed by atoms with Gasteiger partial charge in [0.25, 0.3) is 5.91 Å².